The molecule has 0 saturated heterocycles. The van der Waals surface area contributed by atoms with Crippen LogP contribution in [0.1, 0.15) is 5.56 Å². The lowest BCUT2D eigenvalue weighted by molar-refractivity contribution is 0.373. The second kappa shape index (κ2) is 3.05. The highest BCUT2D eigenvalue weighted by molar-refractivity contribution is 5.32. The van der Waals surface area contributed by atoms with Gasteiger partial charge in [-0.1, -0.05) is 0 Å². The second-order valence-corrected chi connectivity index (χ2v) is 2.31. The van der Waals surface area contributed by atoms with E-state index >= 15 is 0 Å². The lowest BCUT2D eigenvalue weighted by Gasteiger charge is -2.05. The van der Waals surface area contributed by atoms with Gasteiger partial charge < -0.3 is 4.74 Å². The average Bonchev–Trinajstić information content (AvgIpc) is 2.08. The maximum absolute atomic E-state index is 12.9. The molecule has 0 aliphatic rings. The molecular formula is C8H7F3O. The van der Waals surface area contributed by atoms with Gasteiger partial charge in [-0.2, -0.15) is 0 Å². The summed E-state index contributed by atoms with van der Waals surface area (Å²) in [6.45, 7) is 1.15. The summed E-state index contributed by atoms with van der Waals surface area (Å²) in [6, 6.07) is 0.678. The standard InChI is InChI=1S/C8H7F3O/c1-4-7(10)5(9)3-6(12-2)8(4)11/h3H,1-2H3. The quantitative estimate of drug-likeness (QED) is 0.597. The van der Waals surface area contributed by atoms with E-state index in [0.717, 1.165) is 6.92 Å². The first-order chi connectivity index (χ1) is 5.57. The van der Waals surface area contributed by atoms with Gasteiger partial charge in [-0.3, -0.25) is 0 Å². The van der Waals surface area contributed by atoms with Gasteiger partial charge in [0, 0.05) is 11.6 Å². The maximum atomic E-state index is 12.9. The van der Waals surface area contributed by atoms with Gasteiger partial charge in [0.25, 0.3) is 0 Å². The Hall–Kier alpha value is -1.19. The first kappa shape index (κ1) is 8.90. The predicted molar refractivity (Wildman–Crippen MR) is 37.6 cm³/mol. The van der Waals surface area contributed by atoms with Gasteiger partial charge in [0.15, 0.2) is 23.2 Å². The van der Waals surface area contributed by atoms with Crippen molar-refractivity contribution in [1.82, 2.24) is 0 Å². The molecule has 0 aliphatic carbocycles. The van der Waals surface area contributed by atoms with E-state index in [1.807, 2.05) is 0 Å². The fourth-order valence-corrected chi connectivity index (χ4v) is 0.851. The van der Waals surface area contributed by atoms with Crippen LogP contribution in [-0.2, 0) is 0 Å². The number of hydrogen-bond donors (Lipinski definition) is 0. The Morgan fingerprint density at radius 2 is 1.75 bits per heavy atom. The van der Waals surface area contributed by atoms with Crippen molar-refractivity contribution in [3.8, 4) is 5.75 Å². The Kier molecular flexibility index (Phi) is 2.26. The summed E-state index contributed by atoms with van der Waals surface area (Å²) in [6.07, 6.45) is 0. The lowest BCUT2D eigenvalue weighted by Crippen LogP contribution is -1.97. The molecule has 1 rings (SSSR count). The average molecular weight is 176 g/mol. The van der Waals surface area contributed by atoms with Gasteiger partial charge in [0.05, 0.1) is 7.11 Å². The van der Waals surface area contributed by atoms with Crippen LogP contribution in [0, 0.1) is 24.4 Å². The van der Waals surface area contributed by atoms with Crippen molar-refractivity contribution in [1.29, 1.82) is 0 Å². The molecule has 0 fully saturated rings. The van der Waals surface area contributed by atoms with Crippen LogP contribution >= 0.6 is 0 Å². The van der Waals surface area contributed by atoms with Crippen LogP contribution in [0.3, 0.4) is 0 Å². The van der Waals surface area contributed by atoms with Crippen molar-refractivity contribution in [3.63, 3.8) is 0 Å². The zero-order valence-corrected chi connectivity index (χ0v) is 6.62. The fourth-order valence-electron chi connectivity index (χ4n) is 0.851. The van der Waals surface area contributed by atoms with Gasteiger partial charge in [-0.25, -0.2) is 13.2 Å². The molecule has 0 unspecified atom stereocenters. The Morgan fingerprint density at radius 3 is 2.25 bits per heavy atom. The van der Waals surface area contributed by atoms with Gasteiger partial charge >= 0.3 is 0 Å². The number of hydrogen-bond acceptors (Lipinski definition) is 1. The minimum Gasteiger partial charge on any atom is -0.494 e. The van der Waals surface area contributed by atoms with E-state index in [1.165, 1.54) is 7.11 Å². The van der Waals surface area contributed by atoms with Gasteiger partial charge in [0.2, 0.25) is 0 Å². The molecule has 0 atom stereocenters. The highest BCUT2D eigenvalue weighted by Crippen LogP contribution is 2.24. The molecule has 0 aromatic heterocycles. The third-order valence-corrected chi connectivity index (χ3v) is 1.56. The monoisotopic (exact) mass is 176 g/mol. The molecule has 1 nitrogen and oxygen atoms in total. The lowest BCUT2D eigenvalue weighted by atomic mass is 10.2. The molecule has 0 amide bonds. The SMILES string of the molecule is COc1cc(F)c(F)c(C)c1F. The Morgan fingerprint density at radius 1 is 1.17 bits per heavy atom. The van der Waals surface area contributed by atoms with Crippen LogP contribution in [0.2, 0.25) is 0 Å². The van der Waals surface area contributed by atoms with E-state index in [9.17, 15) is 13.2 Å². The Labute approximate surface area is 67.8 Å². The Balaban J connectivity index is 3.39. The molecule has 0 heterocycles. The van der Waals surface area contributed by atoms with Crippen molar-refractivity contribution in [2.24, 2.45) is 0 Å². The Bertz CT molecular complexity index is 310. The van der Waals surface area contributed by atoms with Gasteiger partial charge in [-0.15, -0.1) is 0 Å². The van der Waals surface area contributed by atoms with Crippen molar-refractivity contribution in [2.75, 3.05) is 7.11 Å². The first-order valence-electron chi connectivity index (χ1n) is 3.26. The van der Waals surface area contributed by atoms with Crippen LogP contribution in [0.4, 0.5) is 13.2 Å². The second-order valence-electron chi connectivity index (χ2n) is 2.31. The van der Waals surface area contributed by atoms with E-state index in [0.29, 0.717) is 6.07 Å². The van der Waals surface area contributed by atoms with E-state index in [-0.39, 0.29) is 11.3 Å². The van der Waals surface area contributed by atoms with Crippen LogP contribution in [0.5, 0.6) is 5.75 Å². The van der Waals surface area contributed by atoms with E-state index < -0.39 is 17.5 Å². The summed E-state index contributed by atoms with van der Waals surface area (Å²) in [4.78, 5) is 0. The summed E-state index contributed by atoms with van der Waals surface area (Å²) >= 11 is 0. The van der Waals surface area contributed by atoms with Crippen molar-refractivity contribution < 1.29 is 17.9 Å². The molecule has 0 N–H and O–H groups in total. The molecule has 0 radical (unpaired) electrons. The third-order valence-electron chi connectivity index (χ3n) is 1.56. The van der Waals surface area contributed by atoms with Crippen LogP contribution in [0.15, 0.2) is 6.07 Å². The molecule has 0 aliphatic heterocycles. The van der Waals surface area contributed by atoms with Crippen molar-refractivity contribution in [2.45, 2.75) is 6.92 Å². The number of halogens is 3. The number of ether oxygens (including phenoxy) is 1. The number of rotatable bonds is 1. The summed E-state index contributed by atoms with van der Waals surface area (Å²) < 4.78 is 42.6. The van der Waals surface area contributed by atoms with Gasteiger partial charge in [-0.05, 0) is 6.92 Å². The minimum atomic E-state index is -1.17. The van der Waals surface area contributed by atoms with E-state index in [2.05, 4.69) is 4.74 Å². The predicted octanol–water partition coefficient (Wildman–Crippen LogP) is 2.42. The fraction of sp³-hybridized carbons (Fsp3) is 0.250. The molecule has 4 heteroatoms. The molecule has 66 valence electrons. The van der Waals surface area contributed by atoms with Crippen molar-refractivity contribution >= 4 is 0 Å². The highest BCUT2D eigenvalue weighted by Gasteiger charge is 2.15. The zero-order chi connectivity index (χ0) is 9.30. The maximum Gasteiger partial charge on any atom is 0.171 e. The molecular weight excluding hydrogens is 169 g/mol. The third kappa shape index (κ3) is 1.24. The largest absolute Gasteiger partial charge is 0.494 e. The zero-order valence-electron chi connectivity index (χ0n) is 6.62. The first-order valence-corrected chi connectivity index (χ1v) is 3.26. The number of benzene rings is 1. The normalized spacial score (nSPS) is 10.1. The summed E-state index contributed by atoms with van der Waals surface area (Å²) in [5.41, 5.74) is -0.369. The summed E-state index contributed by atoms with van der Waals surface area (Å²) in [5.74, 6) is -3.43. The summed E-state index contributed by atoms with van der Waals surface area (Å²) in [5, 5.41) is 0. The summed E-state index contributed by atoms with van der Waals surface area (Å²) in [7, 11) is 1.19. The molecule has 1 aromatic carbocycles. The topological polar surface area (TPSA) is 9.23 Å². The minimum absolute atomic E-state index is 0.286. The van der Waals surface area contributed by atoms with Gasteiger partial charge in [0.1, 0.15) is 0 Å². The molecule has 0 bridgehead atoms. The molecule has 12 heavy (non-hydrogen) atoms. The van der Waals surface area contributed by atoms with Crippen molar-refractivity contribution in [3.05, 3.63) is 29.1 Å². The van der Waals surface area contributed by atoms with Crippen LogP contribution in [-0.4, -0.2) is 7.11 Å². The molecule has 0 saturated carbocycles. The molecule has 0 spiro atoms. The highest BCUT2D eigenvalue weighted by atomic mass is 19.2. The van der Waals surface area contributed by atoms with E-state index in [4.69, 9.17) is 0 Å². The molecule has 1 aromatic rings. The van der Waals surface area contributed by atoms with E-state index in [1.54, 1.807) is 0 Å². The van der Waals surface area contributed by atoms with Crippen LogP contribution < -0.4 is 4.74 Å². The van der Waals surface area contributed by atoms with Crippen LogP contribution in [0.25, 0.3) is 0 Å². The smallest absolute Gasteiger partial charge is 0.171 e. The number of methoxy groups -OCH3 is 1.